The number of benzene rings is 2. The number of rotatable bonds is 6. The number of nitrogens with zero attached hydrogens (tertiary/aromatic N) is 1. The summed E-state index contributed by atoms with van der Waals surface area (Å²) in [6, 6.07) is 15.3. The number of nitrogens with one attached hydrogen (secondary N) is 2. The van der Waals surface area contributed by atoms with E-state index in [2.05, 4.69) is 10.9 Å². The van der Waals surface area contributed by atoms with Crippen molar-refractivity contribution in [3.8, 4) is 0 Å². The van der Waals surface area contributed by atoms with E-state index >= 15 is 0 Å². The molecule has 0 aliphatic carbocycles. The summed E-state index contributed by atoms with van der Waals surface area (Å²) in [6.45, 7) is 0. The Morgan fingerprint density at radius 1 is 1.08 bits per heavy atom. The Morgan fingerprint density at radius 2 is 1.77 bits per heavy atom. The average Bonchev–Trinajstić information content (AvgIpc) is 2.93. The van der Waals surface area contributed by atoms with Gasteiger partial charge in [-0.2, -0.15) is 0 Å². The van der Waals surface area contributed by atoms with E-state index < -0.39 is 11.9 Å². The first-order valence-electron chi connectivity index (χ1n) is 8.25. The van der Waals surface area contributed by atoms with Crippen LogP contribution in [0.4, 0.5) is 5.69 Å². The highest BCUT2D eigenvalue weighted by Gasteiger charge is 2.39. The van der Waals surface area contributed by atoms with Crippen molar-refractivity contribution in [1.29, 1.82) is 0 Å². The molecule has 134 valence electrons. The van der Waals surface area contributed by atoms with Gasteiger partial charge in [0.1, 0.15) is 6.04 Å². The topological polar surface area (TPSA) is 78.5 Å². The second-order valence-electron chi connectivity index (χ2n) is 5.98. The van der Waals surface area contributed by atoms with Crippen molar-refractivity contribution in [2.45, 2.75) is 25.3 Å². The quantitative estimate of drug-likeness (QED) is 0.603. The first kappa shape index (κ1) is 18.1. The van der Waals surface area contributed by atoms with Crippen molar-refractivity contribution in [3.63, 3.8) is 0 Å². The standard InChI is InChI=1S/C19H18ClN3O3/c20-14-7-9-15(10-8-14)23-18(25)12-16(19(23)26)21-22-17(24)11-6-13-4-2-1-3-5-13/h1-5,7-10,16,21H,6,11-12H2,(H,22,24)/t16-/m0/s1. The Balaban J connectivity index is 1.52. The van der Waals surface area contributed by atoms with Gasteiger partial charge in [-0.3, -0.25) is 19.8 Å². The van der Waals surface area contributed by atoms with E-state index in [4.69, 9.17) is 11.6 Å². The minimum Gasteiger partial charge on any atom is -0.291 e. The number of anilines is 1. The van der Waals surface area contributed by atoms with E-state index in [1.54, 1.807) is 24.3 Å². The first-order valence-corrected chi connectivity index (χ1v) is 8.63. The second kappa shape index (κ2) is 8.12. The van der Waals surface area contributed by atoms with E-state index in [-0.39, 0.29) is 24.7 Å². The lowest BCUT2D eigenvalue weighted by molar-refractivity contribution is -0.123. The van der Waals surface area contributed by atoms with Crippen molar-refractivity contribution in [2.75, 3.05) is 4.90 Å². The van der Waals surface area contributed by atoms with Gasteiger partial charge in [0, 0.05) is 11.4 Å². The molecule has 0 bridgehead atoms. The lowest BCUT2D eigenvalue weighted by Crippen LogP contribution is -2.48. The van der Waals surface area contributed by atoms with Crippen LogP contribution < -0.4 is 15.8 Å². The van der Waals surface area contributed by atoms with Crippen LogP contribution in [0.2, 0.25) is 5.02 Å². The number of carbonyl (C=O) groups is 3. The molecule has 2 aromatic carbocycles. The highest BCUT2D eigenvalue weighted by Crippen LogP contribution is 2.24. The Labute approximate surface area is 156 Å². The first-order chi connectivity index (χ1) is 12.5. The highest BCUT2D eigenvalue weighted by atomic mass is 35.5. The summed E-state index contributed by atoms with van der Waals surface area (Å²) in [6.07, 6.45) is 0.871. The fourth-order valence-electron chi connectivity index (χ4n) is 2.74. The average molecular weight is 372 g/mol. The summed E-state index contributed by atoms with van der Waals surface area (Å²) >= 11 is 5.83. The normalized spacial score (nSPS) is 16.8. The van der Waals surface area contributed by atoms with Gasteiger partial charge in [-0.25, -0.2) is 10.3 Å². The molecule has 7 heteroatoms. The molecular formula is C19H18ClN3O3. The molecule has 0 spiro atoms. The van der Waals surface area contributed by atoms with Crippen LogP contribution in [0.15, 0.2) is 54.6 Å². The van der Waals surface area contributed by atoms with Gasteiger partial charge in [-0.15, -0.1) is 0 Å². The molecule has 6 nitrogen and oxygen atoms in total. The highest BCUT2D eigenvalue weighted by molar-refractivity contribution is 6.30. The van der Waals surface area contributed by atoms with Crippen molar-refractivity contribution >= 4 is 35.0 Å². The fraction of sp³-hybridized carbons (Fsp3) is 0.211. The van der Waals surface area contributed by atoms with Gasteiger partial charge in [0.25, 0.3) is 5.91 Å². The molecule has 1 heterocycles. The predicted octanol–water partition coefficient (Wildman–Crippen LogP) is 2.23. The van der Waals surface area contributed by atoms with Gasteiger partial charge in [0.05, 0.1) is 12.1 Å². The maximum absolute atomic E-state index is 12.5. The maximum Gasteiger partial charge on any atom is 0.253 e. The zero-order chi connectivity index (χ0) is 18.5. The summed E-state index contributed by atoms with van der Waals surface area (Å²) in [7, 11) is 0. The Hall–Kier alpha value is -2.70. The Bertz CT molecular complexity index is 809. The van der Waals surface area contributed by atoms with Gasteiger partial charge in [-0.1, -0.05) is 41.9 Å². The van der Waals surface area contributed by atoms with Crippen molar-refractivity contribution < 1.29 is 14.4 Å². The van der Waals surface area contributed by atoms with Gasteiger partial charge in [0.2, 0.25) is 11.8 Å². The number of imide groups is 1. The molecule has 0 radical (unpaired) electrons. The van der Waals surface area contributed by atoms with Gasteiger partial charge in [-0.05, 0) is 36.2 Å². The lowest BCUT2D eigenvalue weighted by atomic mass is 10.1. The van der Waals surface area contributed by atoms with E-state index in [0.717, 1.165) is 10.5 Å². The Kier molecular flexibility index (Phi) is 5.65. The van der Waals surface area contributed by atoms with Crippen LogP contribution in [0.5, 0.6) is 0 Å². The van der Waals surface area contributed by atoms with Crippen LogP contribution in [0.25, 0.3) is 0 Å². The van der Waals surface area contributed by atoms with Crippen LogP contribution >= 0.6 is 11.6 Å². The minimum atomic E-state index is -0.779. The summed E-state index contributed by atoms with van der Waals surface area (Å²) in [5.41, 5.74) is 6.71. The molecule has 1 atom stereocenters. The van der Waals surface area contributed by atoms with Gasteiger partial charge >= 0.3 is 0 Å². The molecule has 1 aliphatic rings. The fourth-order valence-corrected chi connectivity index (χ4v) is 2.86. The SMILES string of the molecule is O=C(CCc1ccccc1)NN[C@H]1CC(=O)N(c2ccc(Cl)cc2)C1=O. The third-order valence-corrected chi connectivity index (χ3v) is 4.35. The molecule has 1 fully saturated rings. The van der Waals surface area contributed by atoms with Crippen LogP contribution in [-0.2, 0) is 20.8 Å². The van der Waals surface area contributed by atoms with Crippen molar-refractivity contribution in [3.05, 3.63) is 65.2 Å². The number of amides is 3. The molecule has 3 rings (SSSR count). The zero-order valence-electron chi connectivity index (χ0n) is 13.9. The molecule has 1 saturated heterocycles. The molecule has 0 unspecified atom stereocenters. The smallest absolute Gasteiger partial charge is 0.253 e. The maximum atomic E-state index is 12.5. The Morgan fingerprint density at radius 3 is 2.46 bits per heavy atom. The number of hydrazine groups is 1. The summed E-state index contributed by atoms with van der Waals surface area (Å²) in [4.78, 5) is 37.7. The van der Waals surface area contributed by atoms with E-state index in [1.807, 2.05) is 30.3 Å². The molecular weight excluding hydrogens is 354 g/mol. The molecule has 0 aromatic heterocycles. The van der Waals surface area contributed by atoms with Crippen LogP contribution in [0.1, 0.15) is 18.4 Å². The van der Waals surface area contributed by atoms with E-state index in [1.165, 1.54) is 0 Å². The summed E-state index contributed by atoms with van der Waals surface area (Å²) in [5, 5.41) is 0.521. The van der Waals surface area contributed by atoms with Gasteiger partial charge in [0.15, 0.2) is 0 Å². The number of aryl methyl sites for hydroxylation is 1. The van der Waals surface area contributed by atoms with Crippen LogP contribution in [0, 0.1) is 0 Å². The number of hydrogen-bond acceptors (Lipinski definition) is 4. The second-order valence-corrected chi connectivity index (χ2v) is 6.42. The molecule has 3 amide bonds. The van der Waals surface area contributed by atoms with E-state index in [9.17, 15) is 14.4 Å². The predicted molar refractivity (Wildman–Crippen MR) is 98.4 cm³/mol. The molecule has 0 saturated carbocycles. The minimum absolute atomic E-state index is 0.0135. The zero-order valence-corrected chi connectivity index (χ0v) is 14.7. The van der Waals surface area contributed by atoms with Crippen LogP contribution in [0.3, 0.4) is 0 Å². The van der Waals surface area contributed by atoms with Gasteiger partial charge < -0.3 is 0 Å². The van der Waals surface area contributed by atoms with E-state index in [0.29, 0.717) is 17.1 Å². The molecule has 2 aromatic rings. The number of halogens is 1. The van der Waals surface area contributed by atoms with Crippen LogP contribution in [-0.4, -0.2) is 23.8 Å². The summed E-state index contributed by atoms with van der Waals surface area (Å²) < 4.78 is 0. The van der Waals surface area contributed by atoms with Crippen molar-refractivity contribution in [1.82, 2.24) is 10.9 Å². The monoisotopic (exact) mass is 371 g/mol. The molecule has 2 N–H and O–H groups in total. The van der Waals surface area contributed by atoms with Crippen molar-refractivity contribution in [2.24, 2.45) is 0 Å². The third-order valence-electron chi connectivity index (χ3n) is 4.10. The lowest BCUT2D eigenvalue weighted by Gasteiger charge is -2.16. The number of carbonyl (C=O) groups excluding carboxylic acids is 3. The number of hydrogen-bond donors (Lipinski definition) is 2. The largest absolute Gasteiger partial charge is 0.291 e. The molecule has 1 aliphatic heterocycles. The third kappa shape index (κ3) is 4.28. The summed E-state index contributed by atoms with van der Waals surface area (Å²) in [5.74, 6) is -0.965. The molecule has 26 heavy (non-hydrogen) atoms.